The summed E-state index contributed by atoms with van der Waals surface area (Å²) in [6.45, 7) is 9.99. The number of para-hydroxylation sites is 1. The first-order valence-corrected chi connectivity index (χ1v) is 20.1. The van der Waals surface area contributed by atoms with Gasteiger partial charge in [-0.05, 0) is 62.6 Å². The molecule has 0 radical (unpaired) electrons. The van der Waals surface area contributed by atoms with E-state index in [0.717, 1.165) is 23.0 Å². The summed E-state index contributed by atoms with van der Waals surface area (Å²) in [5.74, 6) is 0.570. The number of fused-ring (bicyclic) bond motifs is 2. The highest BCUT2D eigenvalue weighted by atomic mass is 15.4. The predicted molar refractivity (Wildman–Crippen MR) is 221 cm³/mol. The van der Waals surface area contributed by atoms with Crippen LogP contribution in [-0.4, -0.2) is 36.6 Å². The second kappa shape index (κ2) is 19.2. The molecule has 0 fully saturated rings. The molecule has 0 unspecified atom stereocenters. The lowest BCUT2D eigenvalue weighted by Crippen LogP contribution is -2.27. The van der Waals surface area contributed by atoms with Gasteiger partial charge in [-0.2, -0.15) is 14.7 Å². The van der Waals surface area contributed by atoms with Gasteiger partial charge < -0.3 is 4.90 Å². The number of rotatable bonds is 19. The molecule has 0 atom stereocenters. The lowest BCUT2D eigenvalue weighted by atomic mass is 9.90. The van der Waals surface area contributed by atoms with Crippen LogP contribution in [0.3, 0.4) is 0 Å². The standard InChI is InChI=1S/C46H57N7/c1-5-6-7-8-9-10-11-12-13-14-15-16-17-22-34-52-37(4)36(3)39(40-25-20-21-28-43(40)52)24-18-19-26-41-44(38-31-29-35(2)30-32-38)51-53-45(41)49-50-46(53)42-27-23-33-47-48-42/h18-21,23-33H,5-17,22,34H2,1-4H3/b19-18+,39-24+,41-26-. The summed E-state index contributed by atoms with van der Waals surface area (Å²) in [5, 5.41) is 23.2. The maximum atomic E-state index is 4.98. The number of unbranched alkanes of at least 4 members (excludes halogenated alkanes) is 13. The lowest BCUT2D eigenvalue weighted by Gasteiger charge is -2.35. The highest BCUT2D eigenvalue weighted by Gasteiger charge is 2.23. The van der Waals surface area contributed by atoms with E-state index in [4.69, 9.17) is 5.10 Å². The van der Waals surface area contributed by atoms with Crippen LogP contribution < -0.4 is 10.1 Å². The molecular weight excluding hydrogens is 651 g/mol. The number of anilines is 1. The number of aromatic nitrogens is 6. The van der Waals surface area contributed by atoms with Crippen molar-refractivity contribution in [3.63, 3.8) is 0 Å². The van der Waals surface area contributed by atoms with Crippen LogP contribution in [0.5, 0.6) is 0 Å². The molecule has 0 bridgehead atoms. The van der Waals surface area contributed by atoms with Gasteiger partial charge in [0, 0.05) is 40.5 Å². The van der Waals surface area contributed by atoms with Gasteiger partial charge in [0.1, 0.15) is 11.4 Å². The van der Waals surface area contributed by atoms with E-state index < -0.39 is 0 Å². The number of hydrogen-bond donors (Lipinski definition) is 0. The Morgan fingerprint density at radius 2 is 1.30 bits per heavy atom. The molecule has 4 heterocycles. The van der Waals surface area contributed by atoms with Crippen LogP contribution in [0.2, 0.25) is 0 Å². The fourth-order valence-corrected chi connectivity index (χ4v) is 7.45. The van der Waals surface area contributed by atoms with Crippen molar-refractivity contribution in [1.82, 2.24) is 30.0 Å². The van der Waals surface area contributed by atoms with E-state index >= 15 is 0 Å². The van der Waals surface area contributed by atoms with Crippen LogP contribution in [0.25, 0.3) is 40.1 Å². The van der Waals surface area contributed by atoms with Gasteiger partial charge in [-0.15, -0.1) is 15.3 Å². The van der Waals surface area contributed by atoms with Crippen LogP contribution in [0.4, 0.5) is 5.69 Å². The first-order valence-electron chi connectivity index (χ1n) is 20.1. The Morgan fingerprint density at radius 1 is 0.642 bits per heavy atom. The van der Waals surface area contributed by atoms with Gasteiger partial charge in [-0.1, -0.05) is 157 Å². The third-order valence-corrected chi connectivity index (χ3v) is 10.7. The topological polar surface area (TPSA) is 72.1 Å². The van der Waals surface area contributed by atoms with Crippen molar-refractivity contribution < 1.29 is 0 Å². The lowest BCUT2D eigenvalue weighted by molar-refractivity contribution is 0.535. The summed E-state index contributed by atoms with van der Waals surface area (Å²) in [6, 6.07) is 21.0. The smallest absolute Gasteiger partial charge is 0.205 e. The molecule has 7 heteroatoms. The van der Waals surface area contributed by atoms with Crippen molar-refractivity contribution in [2.24, 2.45) is 0 Å². The van der Waals surface area contributed by atoms with Gasteiger partial charge >= 0.3 is 0 Å². The van der Waals surface area contributed by atoms with Gasteiger partial charge in [-0.3, -0.25) is 0 Å². The van der Waals surface area contributed by atoms with E-state index in [9.17, 15) is 0 Å². The first kappa shape index (κ1) is 37.8. The summed E-state index contributed by atoms with van der Waals surface area (Å²) in [5.41, 5.74) is 10.9. The highest BCUT2D eigenvalue weighted by molar-refractivity contribution is 5.91. The second-order valence-corrected chi connectivity index (χ2v) is 14.6. The van der Waals surface area contributed by atoms with Crippen LogP contribution in [-0.2, 0) is 0 Å². The molecule has 0 spiro atoms. The zero-order valence-electron chi connectivity index (χ0n) is 32.4. The monoisotopic (exact) mass is 707 g/mol. The molecule has 1 aliphatic rings. The van der Waals surface area contributed by atoms with Crippen molar-refractivity contribution in [2.75, 3.05) is 11.4 Å². The molecule has 1 aliphatic heterocycles. The summed E-state index contributed by atoms with van der Waals surface area (Å²) in [4.78, 5) is 2.54. The Kier molecular flexibility index (Phi) is 13.7. The molecular formula is C46H57N7. The third-order valence-electron chi connectivity index (χ3n) is 10.7. The molecule has 0 saturated carbocycles. The summed E-state index contributed by atoms with van der Waals surface area (Å²) >= 11 is 0. The number of aryl methyl sites for hydroxylation is 1. The molecule has 5 aromatic rings. The van der Waals surface area contributed by atoms with Gasteiger partial charge in [0.25, 0.3) is 0 Å². The highest BCUT2D eigenvalue weighted by Crippen LogP contribution is 2.40. The molecule has 3 aromatic heterocycles. The largest absolute Gasteiger partial charge is 0.345 e. The van der Waals surface area contributed by atoms with Gasteiger partial charge in [-0.25, -0.2) is 0 Å². The van der Waals surface area contributed by atoms with Crippen molar-refractivity contribution in [2.45, 2.75) is 118 Å². The Balaban J connectivity index is 1.11. The fraction of sp³-hybridized carbons (Fsp3) is 0.413. The zero-order valence-corrected chi connectivity index (χ0v) is 32.4. The van der Waals surface area contributed by atoms with Crippen LogP contribution in [0.1, 0.15) is 122 Å². The van der Waals surface area contributed by atoms with Crippen LogP contribution in [0, 0.1) is 6.92 Å². The molecule has 6 rings (SSSR count). The molecule has 0 amide bonds. The number of benzene rings is 2. The normalized spacial score (nSPS) is 14.4. The van der Waals surface area contributed by atoms with Crippen LogP contribution in [0.15, 0.2) is 96.4 Å². The Hall–Kier alpha value is -4.91. The van der Waals surface area contributed by atoms with Crippen LogP contribution >= 0.6 is 0 Å². The van der Waals surface area contributed by atoms with Gasteiger partial charge in [0.05, 0.1) is 0 Å². The Bertz CT molecular complexity index is 2050. The van der Waals surface area contributed by atoms with E-state index in [-0.39, 0.29) is 0 Å². The maximum absolute atomic E-state index is 4.98. The Morgan fingerprint density at radius 3 is 1.98 bits per heavy atom. The Labute approximate surface area is 316 Å². The third kappa shape index (κ3) is 9.56. The maximum Gasteiger partial charge on any atom is 0.205 e. The second-order valence-electron chi connectivity index (χ2n) is 14.6. The van der Waals surface area contributed by atoms with Crippen molar-refractivity contribution in [1.29, 1.82) is 0 Å². The van der Waals surface area contributed by atoms with E-state index in [0.29, 0.717) is 17.2 Å². The van der Waals surface area contributed by atoms with E-state index in [2.05, 4.69) is 126 Å². The molecule has 53 heavy (non-hydrogen) atoms. The summed E-state index contributed by atoms with van der Waals surface area (Å²) < 4.78 is 1.78. The average molecular weight is 708 g/mol. The van der Waals surface area contributed by atoms with E-state index in [1.165, 1.54) is 124 Å². The number of allylic oxidation sites excluding steroid dienone is 6. The SMILES string of the molecule is CCCCCCCCCCCCCCCCN1C(C)=C(C)\C(=C/C=C/C=c2/c(-c3ccc(C)cc3)nn3c(-c4cccnn4)nnc23)c2ccccc21. The van der Waals surface area contributed by atoms with Crippen molar-refractivity contribution in [3.8, 4) is 22.8 Å². The average Bonchev–Trinajstić information content (AvgIpc) is 3.76. The number of hydrogen-bond acceptors (Lipinski definition) is 6. The molecule has 0 aliphatic carbocycles. The molecule has 2 aromatic carbocycles. The summed E-state index contributed by atoms with van der Waals surface area (Å²) in [6.07, 6.45) is 29.5. The van der Waals surface area contributed by atoms with Gasteiger partial charge in [0.2, 0.25) is 5.82 Å². The predicted octanol–water partition coefficient (Wildman–Crippen LogP) is 11.3. The molecule has 7 nitrogen and oxygen atoms in total. The minimum absolute atomic E-state index is 0.570. The van der Waals surface area contributed by atoms with E-state index in [1.807, 2.05) is 12.1 Å². The van der Waals surface area contributed by atoms with Gasteiger partial charge in [0.15, 0.2) is 5.65 Å². The molecule has 276 valence electrons. The minimum atomic E-state index is 0.570. The fourth-order valence-electron chi connectivity index (χ4n) is 7.45. The number of nitrogens with zero attached hydrogens (tertiary/aromatic N) is 7. The summed E-state index contributed by atoms with van der Waals surface area (Å²) in [7, 11) is 0. The molecule has 0 N–H and O–H groups in total. The molecule has 0 saturated heterocycles. The first-order chi connectivity index (χ1) is 26.1. The van der Waals surface area contributed by atoms with Crippen molar-refractivity contribution >= 4 is 23.0 Å². The van der Waals surface area contributed by atoms with Crippen molar-refractivity contribution in [3.05, 3.63) is 113 Å². The van der Waals surface area contributed by atoms with E-state index in [1.54, 1.807) is 10.7 Å². The quantitative estimate of drug-likeness (QED) is 0.0796. The zero-order chi connectivity index (χ0) is 36.8. The minimum Gasteiger partial charge on any atom is -0.345 e.